The average Bonchev–Trinajstić information content (AvgIpc) is 2.37. The predicted molar refractivity (Wildman–Crippen MR) is 59.0 cm³/mol. The Balaban J connectivity index is 2.53. The maximum atomic E-state index is 12.6. The van der Waals surface area contributed by atoms with Crippen LogP contribution in [0.15, 0.2) is 36.6 Å². The number of alkyl halides is 3. The van der Waals surface area contributed by atoms with E-state index in [1.165, 1.54) is 7.11 Å². The van der Waals surface area contributed by atoms with Gasteiger partial charge in [0.25, 0.3) is 0 Å². The summed E-state index contributed by atoms with van der Waals surface area (Å²) < 4.78 is 50.1. The molecule has 0 saturated carbocycles. The van der Waals surface area contributed by atoms with Crippen LogP contribution < -0.4 is 4.74 Å². The van der Waals surface area contributed by atoms with Gasteiger partial charge in [-0.05, 0) is 18.2 Å². The average molecular weight is 255 g/mol. The van der Waals surface area contributed by atoms with E-state index in [0.29, 0.717) is 11.3 Å². The van der Waals surface area contributed by atoms with E-state index in [-0.39, 0.29) is 5.69 Å². The van der Waals surface area contributed by atoms with Crippen LogP contribution in [0.25, 0.3) is 11.3 Å². The molecular formula is C12H9F3N2O. The fraction of sp³-hybridized carbons (Fsp3) is 0.167. The van der Waals surface area contributed by atoms with Crippen LogP contribution in [0.3, 0.4) is 0 Å². The Bertz CT molecular complexity index is 602. The summed E-state index contributed by atoms with van der Waals surface area (Å²) in [6, 6.07) is 7.24. The SMILES string of the molecule is [2H]c1nc(-c2cccc(OC)c2)cc(C(F)(F)F)n1. The van der Waals surface area contributed by atoms with E-state index in [0.717, 1.165) is 6.07 Å². The molecule has 0 unspecified atom stereocenters. The van der Waals surface area contributed by atoms with Gasteiger partial charge in [0.05, 0.1) is 12.8 Å². The number of rotatable bonds is 2. The van der Waals surface area contributed by atoms with Crippen LogP contribution in [0.2, 0.25) is 0 Å². The first-order valence-electron chi connectivity index (χ1n) is 5.47. The summed E-state index contributed by atoms with van der Waals surface area (Å²) in [4.78, 5) is 6.77. The van der Waals surface area contributed by atoms with Crippen LogP contribution in [-0.2, 0) is 6.18 Å². The molecule has 2 aromatic rings. The summed E-state index contributed by atoms with van der Waals surface area (Å²) >= 11 is 0. The van der Waals surface area contributed by atoms with Gasteiger partial charge in [-0.15, -0.1) is 0 Å². The molecule has 0 saturated heterocycles. The topological polar surface area (TPSA) is 35.0 Å². The van der Waals surface area contributed by atoms with E-state index in [1.54, 1.807) is 24.3 Å². The van der Waals surface area contributed by atoms with Crippen LogP contribution in [-0.4, -0.2) is 17.1 Å². The number of hydrogen-bond acceptors (Lipinski definition) is 3. The van der Waals surface area contributed by atoms with Crippen molar-refractivity contribution in [3.63, 3.8) is 0 Å². The number of nitrogens with zero attached hydrogens (tertiary/aromatic N) is 2. The predicted octanol–water partition coefficient (Wildman–Crippen LogP) is 3.17. The van der Waals surface area contributed by atoms with Crippen molar-refractivity contribution in [1.29, 1.82) is 0 Å². The van der Waals surface area contributed by atoms with Crippen LogP contribution in [0.5, 0.6) is 5.75 Å². The second-order valence-corrected chi connectivity index (χ2v) is 3.47. The standard InChI is InChI=1S/C12H9F3N2O/c1-18-9-4-2-3-8(5-9)10-6-11(12(13,14)15)17-7-16-10/h2-7H,1H3/i7D. The van der Waals surface area contributed by atoms with Crippen molar-refractivity contribution >= 4 is 0 Å². The lowest BCUT2D eigenvalue weighted by atomic mass is 10.1. The molecule has 3 nitrogen and oxygen atoms in total. The van der Waals surface area contributed by atoms with Crippen LogP contribution in [0, 0.1) is 0 Å². The van der Waals surface area contributed by atoms with Crippen molar-refractivity contribution in [3.8, 4) is 17.0 Å². The van der Waals surface area contributed by atoms with Gasteiger partial charge in [0, 0.05) is 5.56 Å². The Morgan fingerprint density at radius 3 is 2.67 bits per heavy atom. The molecular weight excluding hydrogens is 245 g/mol. The highest BCUT2D eigenvalue weighted by Gasteiger charge is 2.32. The first-order chi connectivity index (χ1) is 8.90. The molecule has 0 aliphatic heterocycles. The van der Waals surface area contributed by atoms with Crippen molar-refractivity contribution in [1.82, 2.24) is 9.97 Å². The maximum Gasteiger partial charge on any atom is 0.433 e. The van der Waals surface area contributed by atoms with Gasteiger partial charge in [0.15, 0.2) is 0 Å². The van der Waals surface area contributed by atoms with E-state index >= 15 is 0 Å². The van der Waals surface area contributed by atoms with Gasteiger partial charge < -0.3 is 4.74 Å². The fourth-order valence-electron chi connectivity index (χ4n) is 1.40. The first kappa shape index (κ1) is 11.0. The molecule has 0 spiro atoms. The summed E-state index contributed by atoms with van der Waals surface area (Å²) in [7, 11) is 1.45. The Morgan fingerprint density at radius 1 is 1.22 bits per heavy atom. The smallest absolute Gasteiger partial charge is 0.433 e. The largest absolute Gasteiger partial charge is 0.497 e. The van der Waals surface area contributed by atoms with E-state index in [9.17, 15) is 13.2 Å². The van der Waals surface area contributed by atoms with Gasteiger partial charge in [0.1, 0.15) is 19.1 Å². The van der Waals surface area contributed by atoms with Crippen molar-refractivity contribution in [3.05, 3.63) is 42.3 Å². The van der Waals surface area contributed by atoms with Gasteiger partial charge in [-0.2, -0.15) is 13.2 Å². The molecule has 2 rings (SSSR count). The van der Waals surface area contributed by atoms with Gasteiger partial charge in [-0.1, -0.05) is 12.1 Å². The Kier molecular flexibility index (Phi) is 2.84. The quantitative estimate of drug-likeness (QED) is 0.826. The number of ether oxygens (including phenoxy) is 1. The molecule has 0 atom stereocenters. The third-order valence-electron chi connectivity index (χ3n) is 2.27. The summed E-state index contributed by atoms with van der Waals surface area (Å²) in [5.41, 5.74) is -0.669. The zero-order valence-electron chi connectivity index (χ0n) is 10.3. The number of halogens is 3. The summed E-state index contributed by atoms with van der Waals surface area (Å²) in [5.74, 6) is 0.496. The molecule has 18 heavy (non-hydrogen) atoms. The van der Waals surface area contributed by atoms with E-state index in [1.807, 2.05) is 0 Å². The third-order valence-corrected chi connectivity index (χ3v) is 2.27. The monoisotopic (exact) mass is 255 g/mol. The zero-order valence-corrected chi connectivity index (χ0v) is 9.32. The number of aromatic nitrogens is 2. The molecule has 6 heteroatoms. The Hall–Kier alpha value is -2.11. The Morgan fingerprint density at radius 2 is 2.00 bits per heavy atom. The van der Waals surface area contributed by atoms with Crippen LogP contribution >= 0.6 is 0 Å². The van der Waals surface area contributed by atoms with Crippen molar-refractivity contribution in [2.45, 2.75) is 6.18 Å². The number of benzene rings is 1. The Labute approximate surface area is 103 Å². The number of hydrogen-bond donors (Lipinski definition) is 0. The molecule has 1 heterocycles. The second kappa shape index (κ2) is 4.64. The fourth-order valence-corrected chi connectivity index (χ4v) is 1.40. The van der Waals surface area contributed by atoms with Gasteiger partial charge in [-0.3, -0.25) is 0 Å². The third kappa shape index (κ3) is 2.58. The van der Waals surface area contributed by atoms with Gasteiger partial charge in [-0.25, -0.2) is 9.97 Å². The molecule has 1 aromatic heterocycles. The van der Waals surface area contributed by atoms with E-state index in [2.05, 4.69) is 9.97 Å². The summed E-state index contributed by atoms with van der Waals surface area (Å²) in [6.07, 6.45) is -5.28. The van der Waals surface area contributed by atoms with Crippen LogP contribution in [0.1, 0.15) is 7.06 Å². The molecule has 1 aromatic carbocycles. The summed E-state index contributed by atoms with van der Waals surface area (Å²) in [5, 5.41) is 0. The normalized spacial score (nSPS) is 12.1. The molecule has 0 amide bonds. The van der Waals surface area contributed by atoms with E-state index in [4.69, 9.17) is 6.11 Å². The molecule has 0 radical (unpaired) electrons. The van der Waals surface area contributed by atoms with Gasteiger partial charge >= 0.3 is 6.18 Å². The lowest BCUT2D eigenvalue weighted by Gasteiger charge is -2.07. The van der Waals surface area contributed by atoms with Crippen LogP contribution in [0.4, 0.5) is 13.2 Å². The highest BCUT2D eigenvalue weighted by Crippen LogP contribution is 2.30. The molecule has 0 fully saturated rings. The maximum absolute atomic E-state index is 12.6. The molecule has 0 N–H and O–H groups in total. The lowest BCUT2D eigenvalue weighted by molar-refractivity contribution is -0.141. The number of methoxy groups -OCH3 is 1. The summed E-state index contributed by atoms with van der Waals surface area (Å²) in [6.45, 7) is 0. The first-order valence-corrected chi connectivity index (χ1v) is 4.97. The molecule has 0 aliphatic rings. The van der Waals surface area contributed by atoms with Gasteiger partial charge in [0.2, 0.25) is 0 Å². The van der Waals surface area contributed by atoms with Crippen molar-refractivity contribution in [2.75, 3.05) is 7.11 Å². The minimum atomic E-state index is -4.60. The van der Waals surface area contributed by atoms with Crippen molar-refractivity contribution in [2.24, 2.45) is 0 Å². The van der Waals surface area contributed by atoms with Crippen molar-refractivity contribution < 1.29 is 19.3 Å². The van der Waals surface area contributed by atoms with E-state index < -0.39 is 18.2 Å². The second-order valence-electron chi connectivity index (χ2n) is 3.47. The minimum Gasteiger partial charge on any atom is -0.497 e. The highest BCUT2D eigenvalue weighted by molar-refractivity contribution is 5.61. The molecule has 0 aliphatic carbocycles. The molecule has 94 valence electrons. The lowest BCUT2D eigenvalue weighted by Crippen LogP contribution is -2.08. The zero-order chi connectivity index (χ0) is 14.0. The highest BCUT2D eigenvalue weighted by atomic mass is 19.4. The molecule has 0 bridgehead atoms. The minimum absolute atomic E-state index is 0.0335.